The van der Waals surface area contributed by atoms with Crippen LogP contribution in [0.25, 0.3) is 43.9 Å². The average molecular weight is 526 g/mol. The minimum absolute atomic E-state index is 0.0442. The Morgan fingerprint density at radius 1 is 0.725 bits per heavy atom. The van der Waals surface area contributed by atoms with Crippen LogP contribution in [0.4, 0.5) is 0 Å². The lowest BCUT2D eigenvalue weighted by atomic mass is 9.79. The summed E-state index contributed by atoms with van der Waals surface area (Å²) >= 11 is 0. The number of benzene rings is 4. The van der Waals surface area contributed by atoms with Crippen molar-refractivity contribution in [2.24, 2.45) is 10.8 Å². The Kier molecular flexibility index (Phi) is 5.19. The molecule has 1 aromatic heterocycles. The van der Waals surface area contributed by atoms with Gasteiger partial charge >= 0.3 is 0 Å². The molecule has 0 atom stereocenters. The van der Waals surface area contributed by atoms with Crippen molar-refractivity contribution in [3.05, 3.63) is 89.1 Å². The molecular formula is C38H39NO. The predicted molar refractivity (Wildman–Crippen MR) is 169 cm³/mol. The molecule has 2 nitrogen and oxygen atoms in total. The quantitative estimate of drug-likeness (QED) is 0.224. The number of pyridine rings is 1. The minimum atomic E-state index is -0.0442. The predicted octanol–water partition coefficient (Wildman–Crippen LogP) is 10.6. The first-order valence-corrected chi connectivity index (χ1v) is 14.6. The van der Waals surface area contributed by atoms with Gasteiger partial charge in [-0.05, 0) is 98.0 Å². The second kappa shape index (κ2) is 8.19. The lowest BCUT2D eigenvalue weighted by Gasteiger charge is -2.29. The third-order valence-electron chi connectivity index (χ3n) is 8.69. The highest BCUT2D eigenvalue weighted by Gasteiger charge is 2.36. The highest BCUT2D eigenvalue weighted by Crippen LogP contribution is 2.54. The molecule has 0 saturated carbocycles. The molecule has 0 N–H and O–H groups in total. The molecule has 0 fully saturated rings. The maximum atomic E-state index is 6.98. The Balaban J connectivity index is 1.53. The topological polar surface area (TPSA) is 22.1 Å². The maximum Gasteiger partial charge on any atom is 0.140 e. The van der Waals surface area contributed by atoms with Crippen molar-refractivity contribution in [1.82, 2.24) is 4.98 Å². The van der Waals surface area contributed by atoms with Crippen molar-refractivity contribution in [2.75, 3.05) is 0 Å². The first-order chi connectivity index (χ1) is 18.8. The molecule has 2 heterocycles. The van der Waals surface area contributed by atoms with Crippen LogP contribution in [0.15, 0.2) is 66.9 Å². The molecule has 2 heteroatoms. The standard InChI is InChI=1S/C38H39NO/c1-36(2,3)20-22-15-23-13-14-39-34-28-18-24-17-27-25-11-9-10-12-30(25)38(7,8)31(27)19-26(24)29(21-37(4,5)6)35(28)40-32(16-22)33(23)34/h9-19H,20-21H2,1-8H3. The van der Waals surface area contributed by atoms with Crippen LogP contribution in [0, 0.1) is 10.8 Å². The Hall–Kier alpha value is -3.65. The third-order valence-corrected chi connectivity index (χ3v) is 8.69. The van der Waals surface area contributed by atoms with Gasteiger partial charge in [0.2, 0.25) is 0 Å². The zero-order valence-electron chi connectivity index (χ0n) is 25.1. The molecular weight excluding hydrogens is 486 g/mol. The number of ether oxygens (including phenoxy) is 1. The van der Waals surface area contributed by atoms with Crippen LogP contribution < -0.4 is 4.74 Å². The van der Waals surface area contributed by atoms with E-state index in [0.717, 1.165) is 41.0 Å². The zero-order chi connectivity index (χ0) is 28.2. The Morgan fingerprint density at radius 2 is 1.45 bits per heavy atom. The van der Waals surface area contributed by atoms with Gasteiger partial charge in [-0.2, -0.15) is 0 Å². The van der Waals surface area contributed by atoms with Gasteiger partial charge in [-0.25, -0.2) is 0 Å². The SMILES string of the molecule is CC(C)(C)Cc1cc2c3c(nccc3c1)-c1cc3cc4c(cc3c(CC(C)(C)C)c1O2)C(C)(C)c1ccccc1-4. The van der Waals surface area contributed by atoms with Crippen molar-refractivity contribution in [3.63, 3.8) is 0 Å². The van der Waals surface area contributed by atoms with Gasteiger partial charge in [-0.15, -0.1) is 0 Å². The maximum absolute atomic E-state index is 6.98. The summed E-state index contributed by atoms with van der Waals surface area (Å²) in [4.78, 5) is 4.98. The molecule has 0 bridgehead atoms. The van der Waals surface area contributed by atoms with E-state index in [-0.39, 0.29) is 16.2 Å². The molecule has 0 unspecified atom stereocenters. The van der Waals surface area contributed by atoms with E-state index in [0.29, 0.717) is 0 Å². The monoisotopic (exact) mass is 525 g/mol. The van der Waals surface area contributed by atoms with Gasteiger partial charge in [0.1, 0.15) is 11.5 Å². The molecule has 0 spiro atoms. The summed E-state index contributed by atoms with van der Waals surface area (Å²) in [7, 11) is 0. The number of nitrogens with zero attached hydrogens (tertiary/aromatic N) is 1. The number of fused-ring (bicyclic) bond motifs is 6. The highest BCUT2D eigenvalue weighted by molar-refractivity contribution is 6.07. The highest BCUT2D eigenvalue weighted by atomic mass is 16.5. The molecule has 2 aliphatic rings. The Bertz CT molecular complexity index is 1860. The van der Waals surface area contributed by atoms with Gasteiger partial charge in [0.25, 0.3) is 0 Å². The Morgan fingerprint density at radius 3 is 2.20 bits per heavy atom. The van der Waals surface area contributed by atoms with Crippen LogP contribution >= 0.6 is 0 Å². The molecule has 202 valence electrons. The molecule has 40 heavy (non-hydrogen) atoms. The van der Waals surface area contributed by atoms with Crippen molar-refractivity contribution in [2.45, 2.75) is 73.6 Å². The second-order valence-electron chi connectivity index (χ2n) is 14.9. The second-order valence-corrected chi connectivity index (χ2v) is 14.9. The first kappa shape index (κ1) is 25.3. The van der Waals surface area contributed by atoms with Gasteiger partial charge in [0, 0.05) is 22.7 Å². The van der Waals surface area contributed by atoms with E-state index in [1.165, 1.54) is 49.5 Å². The van der Waals surface area contributed by atoms with Crippen LogP contribution in [-0.4, -0.2) is 4.98 Å². The molecule has 1 aliphatic carbocycles. The molecule has 4 aromatic carbocycles. The first-order valence-electron chi connectivity index (χ1n) is 14.6. The van der Waals surface area contributed by atoms with Crippen LogP contribution in [0.1, 0.15) is 77.6 Å². The van der Waals surface area contributed by atoms with Crippen LogP contribution in [0.3, 0.4) is 0 Å². The number of hydrogen-bond donors (Lipinski definition) is 0. The van der Waals surface area contributed by atoms with Crippen molar-refractivity contribution >= 4 is 21.5 Å². The Labute approximate surface area is 238 Å². The lowest BCUT2D eigenvalue weighted by molar-refractivity contribution is 0.398. The summed E-state index contributed by atoms with van der Waals surface area (Å²) in [5.74, 6) is 1.92. The summed E-state index contributed by atoms with van der Waals surface area (Å²) in [6.45, 7) is 18.6. The van der Waals surface area contributed by atoms with Gasteiger partial charge in [0.15, 0.2) is 0 Å². The van der Waals surface area contributed by atoms with Crippen molar-refractivity contribution in [3.8, 4) is 33.9 Å². The van der Waals surface area contributed by atoms with Crippen LogP contribution in [0.2, 0.25) is 0 Å². The number of aromatic nitrogens is 1. The zero-order valence-corrected chi connectivity index (χ0v) is 25.1. The molecule has 7 rings (SSSR count). The molecule has 1 aliphatic heterocycles. The van der Waals surface area contributed by atoms with E-state index in [2.05, 4.69) is 116 Å². The molecule has 0 amide bonds. The summed E-state index contributed by atoms with van der Waals surface area (Å²) in [5, 5.41) is 4.89. The van der Waals surface area contributed by atoms with E-state index in [1.54, 1.807) is 0 Å². The molecule has 0 radical (unpaired) electrons. The van der Waals surface area contributed by atoms with Crippen molar-refractivity contribution < 1.29 is 4.74 Å². The van der Waals surface area contributed by atoms with Gasteiger partial charge < -0.3 is 4.74 Å². The minimum Gasteiger partial charge on any atom is -0.456 e. The average Bonchev–Trinajstić information content (AvgIpc) is 3.08. The summed E-state index contributed by atoms with van der Waals surface area (Å²) in [5.41, 5.74) is 10.5. The summed E-state index contributed by atoms with van der Waals surface area (Å²) < 4.78 is 6.98. The normalized spacial score (nSPS) is 15.1. The molecule has 0 saturated heterocycles. The largest absolute Gasteiger partial charge is 0.456 e. The van der Waals surface area contributed by atoms with Crippen LogP contribution in [0.5, 0.6) is 11.5 Å². The van der Waals surface area contributed by atoms with E-state index in [9.17, 15) is 0 Å². The fourth-order valence-electron chi connectivity index (χ4n) is 7.10. The van der Waals surface area contributed by atoms with E-state index in [4.69, 9.17) is 9.72 Å². The summed E-state index contributed by atoms with van der Waals surface area (Å²) in [6.07, 6.45) is 3.89. The van der Waals surface area contributed by atoms with Crippen LogP contribution in [-0.2, 0) is 18.3 Å². The van der Waals surface area contributed by atoms with Gasteiger partial charge in [-0.1, -0.05) is 85.7 Å². The fraction of sp³-hybridized carbons (Fsp3) is 0.342. The fourth-order valence-corrected chi connectivity index (χ4v) is 7.10. The van der Waals surface area contributed by atoms with Gasteiger partial charge in [0.05, 0.1) is 11.1 Å². The van der Waals surface area contributed by atoms with E-state index in [1.807, 2.05) is 6.20 Å². The summed E-state index contributed by atoms with van der Waals surface area (Å²) in [6, 6.07) is 22.8. The third kappa shape index (κ3) is 3.87. The van der Waals surface area contributed by atoms with E-state index >= 15 is 0 Å². The van der Waals surface area contributed by atoms with Crippen molar-refractivity contribution in [1.29, 1.82) is 0 Å². The number of rotatable bonds is 2. The van der Waals surface area contributed by atoms with E-state index < -0.39 is 0 Å². The smallest absolute Gasteiger partial charge is 0.140 e. The molecule has 5 aromatic rings. The lowest BCUT2D eigenvalue weighted by Crippen LogP contribution is -2.16. The van der Waals surface area contributed by atoms with Gasteiger partial charge in [-0.3, -0.25) is 4.98 Å². The number of hydrogen-bond acceptors (Lipinski definition) is 2.